The third-order valence-corrected chi connectivity index (χ3v) is 5.60. The van der Waals surface area contributed by atoms with E-state index in [1.165, 1.54) is 18.2 Å². The number of nitrogens with zero attached hydrogens (tertiary/aromatic N) is 1. The van der Waals surface area contributed by atoms with Crippen LogP contribution in [0.4, 0.5) is 0 Å². The minimum Gasteiger partial charge on any atom is -0.207 e. The van der Waals surface area contributed by atoms with Gasteiger partial charge in [-0.25, -0.2) is 8.42 Å². The lowest BCUT2D eigenvalue weighted by atomic mass is 9.94. The highest BCUT2D eigenvalue weighted by atomic mass is 35.5. The fourth-order valence-corrected chi connectivity index (χ4v) is 4.67. The van der Waals surface area contributed by atoms with Gasteiger partial charge in [0.2, 0.25) is 10.0 Å². The number of hydrogen-bond donors (Lipinski definition) is 1. The molecular weight excluding hydrogens is 331 g/mol. The van der Waals surface area contributed by atoms with E-state index in [9.17, 15) is 13.7 Å². The van der Waals surface area contributed by atoms with Crippen LogP contribution in [0.5, 0.6) is 0 Å². The van der Waals surface area contributed by atoms with Crippen LogP contribution in [0.15, 0.2) is 23.1 Å². The van der Waals surface area contributed by atoms with Crippen molar-refractivity contribution in [2.45, 2.75) is 49.0 Å². The van der Waals surface area contributed by atoms with Crippen molar-refractivity contribution >= 4 is 33.2 Å². The Morgan fingerprint density at radius 3 is 2.05 bits per heavy atom. The van der Waals surface area contributed by atoms with Crippen LogP contribution in [0.3, 0.4) is 0 Å². The summed E-state index contributed by atoms with van der Waals surface area (Å²) in [4.78, 5) is -0.0149. The van der Waals surface area contributed by atoms with Crippen LogP contribution in [0.1, 0.15) is 38.5 Å². The molecule has 0 radical (unpaired) electrons. The first kappa shape index (κ1) is 16.6. The monoisotopic (exact) mass is 346 g/mol. The number of halogens is 2. The number of nitrogens with one attached hydrogen (secondary N) is 1. The van der Waals surface area contributed by atoms with Gasteiger partial charge in [-0.15, -0.1) is 0 Å². The van der Waals surface area contributed by atoms with E-state index in [4.69, 9.17) is 23.2 Å². The van der Waals surface area contributed by atoms with Crippen molar-refractivity contribution in [3.8, 4) is 6.07 Å². The summed E-state index contributed by atoms with van der Waals surface area (Å²) in [6, 6.07) is 6.28. The predicted molar refractivity (Wildman–Crippen MR) is 82.8 cm³/mol. The fraction of sp³-hybridized carbons (Fsp3) is 0.500. The number of benzene rings is 1. The summed E-state index contributed by atoms with van der Waals surface area (Å²) in [5.41, 5.74) is -1.04. The van der Waals surface area contributed by atoms with Crippen molar-refractivity contribution in [2.24, 2.45) is 0 Å². The van der Waals surface area contributed by atoms with Crippen molar-refractivity contribution in [3.63, 3.8) is 0 Å². The van der Waals surface area contributed by atoms with Gasteiger partial charge in [0.15, 0.2) is 0 Å². The van der Waals surface area contributed by atoms with Gasteiger partial charge >= 0.3 is 0 Å². The first-order chi connectivity index (χ1) is 9.87. The van der Waals surface area contributed by atoms with Crippen LogP contribution in [0.2, 0.25) is 10.0 Å². The summed E-state index contributed by atoms with van der Waals surface area (Å²) >= 11 is 11.7. The van der Waals surface area contributed by atoms with E-state index in [1.54, 1.807) is 0 Å². The van der Waals surface area contributed by atoms with E-state index >= 15 is 0 Å². The number of sulfonamides is 1. The molecule has 114 valence electrons. The number of rotatable bonds is 3. The molecule has 7 heteroatoms. The minimum atomic E-state index is -3.83. The molecular formula is C14H16Cl2N2O2S. The maximum absolute atomic E-state index is 12.5. The molecule has 0 unspecified atom stereocenters. The first-order valence-corrected chi connectivity index (χ1v) is 9.02. The quantitative estimate of drug-likeness (QED) is 0.844. The number of nitriles is 1. The maximum atomic E-state index is 12.5. The van der Waals surface area contributed by atoms with E-state index in [0.717, 1.165) is 25.7 Å². The van der Waals surface area contributed by atoms with Crippen LogP contribution in [-0.4, -0.2) is 14.0 Å². The van der Waals surface area contributed by atoms with Gasteiger partial charge in [-0.1, -0.05) is 48.9 Å². The maximum Gasteiger partial charge on any atom is 0.242 e. The molecule has 1 saturated carbocycles. The van der Waals surface area contributed by atoms with Gasteiger partial charge in [0.25, 0.3) is 0 Å². The Hall–Kier alpha value is -0.800. The summed E-state index contributed by atoms with van der Waals surface area (Å²) < 4.78 is 27.6. The van der Waals surface area contributed by atoms with E-state index in [1.807, 2.05) is 0 Å². The van der Waals surface area contributed by atoms with E-state index in [0.29, 0.717) is 12.8 Å². The smallest absolute Gasteiger partial charge is 0.207 e. The third-order valence-electron chi connectivity index (χ3n) is 3.65. The Bertz CT molecular complexity index is 640. The standard InChI is InChI=1S/C14H16Cl2N2O2S/c15-11-7-12(16)9-13(8-11)21(19,20)18-14(10-17)5-3-1-2-4-6-14/h7-9,18H,1-6H2. The molecule has 0 amide bonds. The van der Waals surface area contributed by atoms with Crippen LogP contribution < -0.4 is 4.72 Å². The average molecular weight is 347 g/mol. The summed E-state index contributed by atoms with van der Waals surface area (Å²) in [6.45, 7) is 0. The lowest BCUT2D eigenvalue weighted by Gasteiger charge is -2.26. The van der Waals surface area contributed by atoms with Crippen molar-refractivity contribution in [1.29, 1.82) is 5.26 Å². The molecule has 1 aromatic carbocycles. The molecule has 1 aliphatic carbocycles. The van der Waals surface area contributed by atoms with E-state index in [2.05, 4.69) is 10.8 Å². The molecule has 21 heavy (non-hydrogen) atoms. The van der Waals surface area contributed by atoms with Crippen molar-refractivity contribution in [3.05, 3.63) is 28.2 Å². The van der Waals surface area contributed by atoms with Gasteiger partial charge in [0.1, 0.15) is 5.54 Å². The molecule has 0 spiro atoms. The second-order valence-corrected chi connectivity index (χ2v) is 7.87. The fourth-order valence-electron chi connectivity index (χ4n) is 2.57. The zero-order valence-corrected chi connectivity index (χ0v) is 13.7. The van der Waals surface area contributed by atoms with E-state index < -0.39 is 15.6 Å². The molecule has 0 heterocycles. The molecule has 1 aromatic rings. The van der Waals surface area contributed by atoms with Gasteiger partial charge < -0.3 is 0 Å². The summed E-state index contributed by atoms with van der Waals surface area (Å²) in [5, 5.41) is 9.95. The van der Waals surface area contributed by atoms with E-state index in [-0.39, 0.29) is 14.9 Å². The Kier molecular flexibility index (Phi) is 5.15. The third kappa shape index (κ3) is 4.10. The van der Waals surface area contributed by atoms with Crippen molar-refractivity contribution < 1.29 is 8.42 Å². The van der Waals surface area contributed by atoms with Gasteiger partial charge in [0, 0.05) is 10.0 Å². The molecule has 2 rings (SSSR count). The highest BCUT2D eigenvalue weighted by Gasteiger charge is 2.35. The SMILES string of the molecule is N#CC1(NS(=O)(=O)c2cc(Cl)cc(Cl)c2)CCCCCC1. The second kappa shape index (κ2) is 6.53. The second-order valence-electron chi connectivity index (χ2n) is 5.32. The zero-order valence-electron chi connectivity index (χ0n) is 11.4. The lowest BCUT2D eigenvalue weighted by molar-refractivity contribution is 0.422. The summed E-state index contributed by atoms with van der Waals surface area (Å²) in [6.07, 6.45) is 4.77. The highest BCUT2D eigenvalue weighted by Crippen LogP contribution is 2.29. The Balaban J connectivity index is 2.33. The largest absolute Gasteiger partial charge is 0.242 e. The average Bonchev–Trinajstić information content (AvgIpc) is 2.63. The number of hydrogen-bond acceptors (Lipinski definition) is 3. The van der Waals surface area contributed by atoms with Gasteiger partial charge in [-0.05, 0) is 31.0 Å². The minimum absolute atomic E-state index is 0.0149. The molecule has 1 fully saturated rings. The molecule has 0 aliphatic heterocycles. The van der Waals surface area contributed by atoms with Gasteiger partial charge in [0.05, 0.1) is 11.0 Å². The first-order valence-electron chi connectivity index (χ1n) is 6.78. The zero-order chi connectivity index (χ0) is 15.5. The summed E-state index contributed by atoms with van der Waals surface area (Å²) in [5.74, 6) is 0. The lowest BCUT2D eigenvalue weighted by Crippen LogP contribution is -2.46. The molecule has 0 aromatic heterocycles. The van der Waals surface area contributed by atoms with Crippen molar-refractivity contribution in [2.75, 3.05) is 0 Å². The Labute approximate surface area is 135 Å². The Morgan fingerprint density at radius 1 is 1.05 bits per heavy atom. The topological polar surface area (TPSA) is 70.0 Å². The van der Waals surface area contributed by atoms with Gasteiger partial charge in [-0.3, -0.25) is 0 Å². The van der Waals surface area contributed by atoms with Crippen LogP contribution in [0.25, 0.3) is 0 Å². The van der Waals surface area contributed by atoms with Crippen LogP contribution in [0, 0.1) is 11.3 Å². The molecule has 0 saturated heterocycles. The Morgan fingerprint density at radius 2 is 1.57 bits per heavy atom. The highest BCUT2D eigenvalue weighted by molar-refractivity contribution is 7.89. The molecule has 1 aliphatic rings. The molecule has 0 atom stereocenters. The predicted octanol–water partition coefficient (Wildman–Crippen LogP) is 3.89. The molecule has 0 bridgehead atoms. The van der Waals surface area contributed by atoms with Gasteiger partial charge in [-0.2, -0.15) is 9.98 Å². The van der Waals surface area contributed by atoms with Crippen molar-refractivity contribution in [1.82, 2.24) is 4.72 Å². The summed E-state index contributed by atoms with van der Waals surface area (Å²) in [7, 11) is -3.83. The van der Waals surface area contributed by atoms with Crippen LogP contribution in [-0.2, 0) is 10.0 Å². The normalized spacial score (nSPS) is 18.7. The molecule has 1 N–H and O–H groups in total. The molecule has 4 nitrogen and oxygen atoms in total. The van der Waals surface area contributed by atoms with Crippen LogP contribution >= 0.6 is 23.2 Å².